The van der Waals surface area contributed by atoms with E-state index in [-0.39, 0.29) is 6.61 Å². The second kappa shape index (κ2) is 4.59. The van der Waals surface area contributed by atoms with E-state index in [1.165, 1.54) is 0 Å². The van der Waals surface area contributed by atoms with Gasteiger partial charge >= 0.3 is 5.97 Å². The third kappa shape index (κ3) is 2.17. The first kappa shape index (κ1) is 11.7. The third-order valence-corrected chi connectivity index (χ3v) is 2.88. The molecule has 0 spiro atoms. The Morgan fingerprint density at radius 1 is 1.41 bits per heavy atom. The predicted octanol–water partition coefficient (Wildman–Crippen LogP) is 2.03. The van der Waals surface area contributed by atoms with E-state index in [0.717, 1.165) is 23.0 Å². The molecule has 4 heteroatoms. The molecular weight excluding hydrogens is 218 g/mol. The number of hydrogen-bond acceptors (Lipinski definition) is 2. The average molecular weight is 233 g/mol. The van der Waals surface area contributed by atoms with Crippen LogP contribution in [0.1, 0.15) is 22.3 Å². The molecule has 1 heterocycles. The van der Waals surface area contributed by atoms with Gasteiger partial charge in [0, 0.05) is 30.3 Å². The number of carbonyl (C=O) groups is 1. The predicted molar refractivity (Wildman–Crippen MR) is 65.3 cm³/mol. The SMILES string of the molecule is Cc1cn(CCCO)c2ccc(C(=O)O)cc12. The minimum atomic E-state index is -0.908. The molecule has 0 aliphatic rings. The summed E-state index contributed by atoms with van der Waals surface area (Å²) in [5.74, 6) is -0.908. The number of hydrogen-bond donors (Lipinski definition) is 2. The first-order valence-corrected chi connectivity index (χ1v) is 5.57. The van der Waals surface area contributed by atoms with Gasteiger partial charge in [-0.3, -0.25) is 0 Å². The molecule has 17 heavy (non-hydrogen) atoms. The number of aromatic nitrogens is 1. The molecule has 2 aromatic rings. The zero-order valence-electron chi connectivity index (χ0n) is 9.68. The lowest BCUT2D eigenvalue weighted by atomic mass is 10.1. The molecule has 0 fully saturated rings. The minimum absolute atomic E-state index is 0.159. The molecule has 4 nitrogen and oxygen atoms in total. The lowest BCUT2D eigenvalue weighted by Crippen LogP contribution is -1.99. The average Bonchev–Trinajstić information content (AvgIpc) is 2.63. The highest BCUT2D eigenvalue weighted by molar-refractivity contribution is 5.94. The van der Waals surface area contributed by atoms with Crippen LogP contribution in [0, 0.1) is 6.92 Å². The second-order valence-electron chi connectivity index (χ2n) is 4.12. The monoisotopic (exact) mass is 233 g/mol. The number of aliphatic hydroxyl groups is 1. The van der Waals surface area contributed by atoms with Crippen LogP contribution < -0.4 is 0 Å². The summed E-state index contributed by atoms with van der Waals surface area (Å²) in [5, 5.41) is 18.7. The van der Waals surface area contributed by atoms with Crippen molar-refractivity contribution in [2.24, 2.45) is 0 Å². The topological polar surface area (TPSA) is 62.5 Å². The van der Waals surface area contributed by atoms with E-state index in [9.17, 15) is 4.79 Å². The molecule has 0 bridgehead atoms. The van der Waals surface area contributed by atoms with Crippen molar-refractivity contribution in [2.45, 2.75) is 19.9 Å². The molecule has 0 amide bonds. The van der Waals surface area contributed by atoms with Crippen LogP contribution in [0.5, 0.6) is 0 Å². The molecule has 0 atom stereocenters. The summed E-state index contributed by atoms with van der Waals surface area (Å²) in [6.45, 7) is 2.86. The maximum Gasteiger partial charge on any atom is 0.335 e. The van der Waals surface area contributed by atoms with Gasteiger partial charge in [0.05, 0.1) is 5.56 Å². The van der Waals surface area contributed by atoms with Crippen molar-refractivity contribution in [2.75, 3.05) is 6.61 Å². The maximum atomic E-state index is 10.9. The number of benzene rings is 1. The summed E-state index contributed by atoms with van der Waals surface area (Å²) in [5.41, 5.74) is 2.38. The quantitative estimate of drug-likeness (QED) is 0.849. The first-order valence-electron chi connectivity index (χ1n) is 5.57. The Morgan fingerprint density at radius 2 is 2.18 bits per heavy atom. The fraction of sp³-hybridized carbons (Fsp3) is 0.308. The molecule has 1 aromatic heterocycles. The van der Waals surface area contributed by atoms with Crippen LogP contribution >= 0.6 is 0 Å². The molecule has 0 radical (unpaired) electrons. The summed E-state index contributed by atoms with van der Waals surface area (Å²) in [4.78, 5) is 10.9. The number of carboxylic acids is 1. The normalized spacial score (nSPS) is 10.9. The molecule has 2 N–H and O–H groups in total. The fourth-order valence-electron chi connectivity index (χ4n) is 2.03. The van der Waals surface area contributed by atoms with Gasteiger partial charge in [-0.2, -0.15) is 0 Å². The fourth-order valence-corrected chi connectivity index (χ4v) is 2.03. The molecule has 0 saturated carbocycles. The van der Waals surface area contributed by atoms with Crippen molar-refractivity contribution in [1.29, 1.82) is 0 Å². The van der Waals surface area contributed by atoms with Gasteiger partial charge in [0.2, 0.25) is 0 Å². The number of aryl methyl sites for hydroxylation is 2. The number of carboxylic acid groups (broad SMARTS) is 1. The molecule has 0 unspecified atom stereocenters. The summed E-state index contributed by atoms with van der Waals surface area (Å²) in [6, 6.07) is 5.13. The number of fused-ring (bicyclic) bond motifs is 1. The van der Waals surface area contributed by atoms with Gasteiger partial charge in [0.25, 0.3) is 0 Å². The van der Waals surface area contributed by atoms with Gasteiger partial charge in [0.1, 0.15) is 0 Å². The van der Waals surface area contributed by atoms with E-state index in [1.54, 1.807) is 12.1 Å². The third-order valence-electron chi connectivity index (χ3n) is 2.88. The Hall–Kier alpha value is -1.81. The molecule has 0 aliphatic carbocycles. The van der Waals surface area contributed by atoms with Crippen LogP contribution in [-0.4, -0.2) is 27.4 Å². The van der Waals surface area contributed by atoms with Gasteiger partial charge < -0.3 is 14.8 Å². The van der Waals surface area contributed by atoms with E-state index < -0.39 is 5.97 Å². The Kier molecular flexibility index (Phi) is 3.15. The van der Waals surface area contributed by atoms with Crippen LogP contribution in [0.4, 0.5) is 0 Å². The van der Waals surface area contributed by atoms with Crippen molar-refractivity contribution in [1.82, 2.24) is 4.57 Å². The Bertz CT molecular complexity index is 557. The van der Waals surface area contributed by atoms with Crippen LogP contribution in [0.2, 0.25) is 0 Å². The number of rotatable bonds is 4. The Balaban J connectivity index is 2.49. The van der Waals surface area contributed by atoms with Gasteiger partial charge in [-0.15, -0.1) is 0 Å². The molecule has 0 aliphatic heterocycles. The van der Waals surface area contributed by atoms with Crippen molar-refractivity contribution < 1.29 is 15.0 Å². The van der Waals surface area contributed by atoms with Crippen molar-refractivity contribution in [3.05, 3.63) is 35.5 Å². The minimum Gasteiger partial charge on any atom is -0.478 e. The summed E-state index contributed by atoms with van der Waals surface area (Å²) < 4.78 is 2.05. The summed E-state index contributed by atoms with van der Waals surface area (Å²) in [7, 11) is 0. The van der Waals surface area contributed by atoms with E-state index >= 15 is 0 Å². The highest BCUT2D eigenvalue weighted by Gasteiger charge is 2.09. The van der Waals surface area contributed by atoms with Crippen LogP contribution in [-0.2, 0) is 6.54 Å². The number of aromatic carboxylic acids is 1. The van der Waals surface area contributed by atoms with E-state index in [1.807, 2.05) is 23.8 Å². The van der Waals surface area contributed by atoms with E-state index in [0.29, 0.717) is 12.0 Å². The van der Waals surface area contributed by atoms with Gasteiger partial charge in [-0.1, -0.05) is 0 Å². The zero-order valence-corrected chi connectivity index (χ0v) is 9.68. The Morgan fingerprint density at radius 3 is 2.82 bits per heavy atom. The second-order valence-corrected chi connectivity index (χ2v) is 4.12. The molecule has 2 rings (SSSR count). The van der Waals surface area contributed by atoms with Gasteiger partial charge in [-0.05, 0) is 37.1 Å². The van der Waals surface area contributed by atoms with Gasteiger partial charge in [-0.25, -0.2) is 4.79 Å². The summed E-state index contributed by atoms with van der Waals surface area (Å²) in [6.07, 6.45) is 2.69. The first-order chi connectivity index (χ1) is 8.13. The summed E-state index contributed by atoms with van der Waals surface area (Å²) >= 11 is 0. The smallest absolute Gasteiger partial charge is 0.335 e. The van der Waals surface area contributed by atoms with E-state index in [4.69, 9.17) is 10.2 Å². The number of aliphatic hydroxyl groups excluding tert-OH is 1. The lowest BCUT2D eigenvalue weighted by molar-refractivity contribution is 0.0697. The number of nitrogens with zero attached hydrogens (tertiary/aromatic N) is 1. The largest absolute Gasteiger partial charge is 0.478 e. The zero-order chi connectivity index (χ0) is 12.4. The van der Waals surface area contributed by atoms with Crippen LogP contribution in [0.15, 0.2) is 24.4 Å². The molecule has 90 valence electrons. The highest BCUT2D eigenvalue weighted by atomic mass is 16.4. The van der Waals surface area contributed by atoms with Crippen LogP contribution in [0.3, 0.4) is 0 Å². The van der Waals surface area contributed by atoms with Gasteiger partial charge in [0.15, 0.2) is 0 Å². The molecular formula is C13H15NO3. The van der Waals surface area contributed by atoms with Crippen molar-refractivity contribution >= 4 is 16.9 Å². The standard InChI is InChI=1S/C13H15NO3/c1-9-8-14(5-2-6-15)12-4-3-10(13(16)17)7-11(9)12/h3-4,7-8,15H,2,5-6H2,1H3,(H,16,17). The highest BCUT2D eigenvalue weighted by Crippen LogP contribution is 2.22. The maximum absolute atomic E-state index is 10.9. The lowest BCUT2D eigenvalue weighted by Gasteiger charge is -2.03. The molecule has 1 aromatic carbocycles. The van der Waals surface area contributed by atoms with Crippen molar-refractivity contribution in [3.63, 3.8) is 0 Å². The van der Waals surface area contributed by atoms with E-state index in [2.05, 4.69) is 0 Å². The molecule has 0 saturated heterocycles. The Labute approximate surface area is 99.1 Å². The van der Waals surface area contributed by atoms with Crippen LogP contribution in [0.25, 0.3) is 10.9 Å². The van der Waals surface area contributed by atoms with Crippen molar-refractivity contribution in [3.8, 4) is 0 Å².